The molecule has 18 heavy (non-hydrogen) atoms. The van der Waals surface area contributed by atoms with Gasteiger partial charge in [-0.2, -0.15) is 4.31 Å². The van der Waals surface area contributed by atoms with Crippen molar-refractivity contribution in [2.24, 2.45) is 0 Å². The van der Waals surface area contributed by atoms with Crippen LogP contribution in [0.1, 0.15) is 6.42 Å². The molecule has 0 atom stereocenters. The molecule has 0 unspecified atom stereocenters. The molecule has 6 heteroatoms. The summed E-state index contributed by atoms with van der Waals surface area (Å²) in [4.78, 5) is 0.203. The van der Waals surface area contributed by atoms with E-state index in [1.54, 1.807) is 18.2 Å². The van der Waals surface area contributed by atoms with E-state index >= 15 is 0 Å². The Hall–Kier alpha value is -0.850. The van der Waals surface area contributed by atoms with Crippen molar-refractivity contribution in [1.29, 1.82) is 0 Å². The van der Waals surface area contributed by atoms with Gasteiger partial charge in [0, 0.05) is 17.6 Å². The minimum Gasteiger partial charge on any atom is -0.495 e. The summed E-state index contributed by atoms with van der Waals surface area (Å²) >= 11 is 3.29. The van der Waals surface area contributed by atoms with Crippen molar-refractivity contribution >= 4 is 26.0 Å². The van der Waals surface area contributed by atoms with Crippen LogP contribution in [-0.4, -0.2) is 32.9 Å². The number of sulfonamides is 1. The Balaban J connectivity index is 2.46. The molecule has 4 nitrogen and oxygen atoms in total. The lowest BCUT2D eigenvalue weighted by Gasteiger charge is -2.23. The van der Waals surface area contributed by atoms with Gasteiger partial charge in [0.05, 0.1) is 7.11 Å². The van der Waals surface area contributed by atoms with Gasteiger partial charge in [0.2, 0.25) is 10.0 Å². The summed E-state index contributed by atoms with van der Waals surface area (Å²) in [6.07, 6.45) is 4.60. The third-order valence-corrected chi connectivity index (χ3v) is 5.14. The lowest BCUT2D eigenvalue weighted by molar-refractivity contribution is 0.394. The fourth-order valence-corrected chi connectivity index (χ4v) is 3.93. The molecule has 0 saturated carbocycles. The lowest BCUT2D eigenvalue weighted by Crippen LogP contribution is -2.34. The number of ether oxygens (including phenoxy) is 1. The summed E-state index contributed by atoms with van der Waals surface area (Å²) in [6, 6.07) is 4.98. The average molecular weight is 332 g/mol. The Morgan fingerprint density at radius 3 is 2.72 bits per heavy atom. The first-order valence-electron chi connectivity index (χ1n) is 5.54. The molecular formula is C12H14BrNO3S. The Kier molecular flexibility index (Phi) is 4.09. The molecule has 1 aromatic carbocycles. The summed E-state index contributed by atoms with van der Waals surface area (Å²) in [7, 11) is -2.03. The van der Waals surface area contributed by atoms with Gasteiger partial charge >= 0.3 is 0 Å². The molecule has 1 aromatic rings. The van der Waals surface area contributed by atoms with Gasteiger partial charge in [-0.1, -0.05) is 28.1 Å². The summed E-state index contributed by atoms with van der Waals surface area (Å²) in [5.41, 5.74) is 0. The molecule has 1 heterocycles. The van der Waals surface area contributed by atoms with E-state index in [9.17, 15) is 8.42 Å². The molecule has 0 saturated heterocycles. The largest absolute Gasteiger partial charge is 0.495 e. The summed E-state index contributed by atoms with van der Waals surface area (Å²) in [5.74, 6) is 0.368. The van der Waals surface area contributed by atoms with Gasteiger partial charge in [-0.3, -0.25) is 0 Å². The van der Waals surface area contributed by atoms with E-state index < -0.39 is 10.0 Å². The summed E-state index contributed by atoms with van der Waals surface area (Å²) in [6.45, 7) is 0.923. The zero-order chi connectivity index (χ0) is 13.2. The van der Waals surface area contributed by atoms with Gasteiger partial charge in [-0.05, 0) is 24.6 Å². The second-order valence-corrected chi connectivity index (χ2v) is 6.74. The monoisotopic (exact) mass is 331 g/mol. The van der Waals surface area contributed by atoms with Crippen molar-refractivity contribution in [3.63, 3.8) is 0 Å². The molecule has 1 aliphatic rings. The molecule has 0 radical (unpaired) electrons. The molecule has 1 aliphatic heterocycles. The third kappa shape index (κ3) is 2.60. The van der Waals surface area contributed by atoms with Crippen LogP contribution in [0.2, 0.25) is 0 Å². The van der Waals surface area contributed by atoms with Crippen LogP contribution in [0.25, 0.3) is 0 Å². The van der Waals surface area contributed by atoms with Gasteiger partial charge in [0.15, 0.2) is 0 Å². The van der Waals surface area contributed by atoms with Gasteiger partial charge in [0.1, 0.15) is 10.6 Å². The first-order chi connectivity index (χ1) is 8.55. The van der Waals surface area contributed by atoms with Crippen LogP contribution < -0.4 is 4.74 Å². The molecule has 0 amide bonds. The van der Waals surface area contributed by atoms with E-state index in [4.69, 9.17) is 4.74 Å². The highest BCUT2D eigenvalue weighted by molar-refractivity contribution is 9.10. The fourth-order valence-electron chi connectivity index (χ4n) is 1.83. The van der Waals surface area contributed by atoms with E-state index in [2.05, 4.69) is 15.9 Å². The highest BCUT2D eigenvalue weighted by Crippen LogP contribution is 2.30. The molecule has 0 N–H and O–H groups in total. The zero-order valence-electron chi connectivity index (χ0n) is 9.97. The minimum absolute atomic E-state index is 0.203. The second-order valence-electron chi connectivity index (χ2n) is 3.92. The Morgan fingerprint density at radius 2 is 2.11 bits per heavy atom. The first-order valence-corrected chi connectivity index (χ1v) is 7.77. The first kappa shape index (κ1) is 13.6. The van der Waals surface area contributed by atoms with E-state index in [0.29, 0.717) is 18.8 Å². The quantitative estimate of drug-likeness (QED) is 0.799. The third-order valence-electron chi connectivity index (χ3n) is 2.76. The molecule has 98 valence electrons. The van der Waals surface area contributed by atoms with Crippen LogP contribution in [-0.2, 0) is 10.0 Å². The highest BCUT2D eigenvalue weighted by atomic mass is 79.9. The molecule has 0 bridgehead atoms. The molecule has 0 aromatic heterocycles. The highest BCUT2D eigenvalue weighted by Gasteiger charge is 2.27. The fraction of sp³-hybridized carbons (Fsp3) is 0.333. The number of methoxy groups -OCH3 is 1. The van der Waals surface area contributed by atoms with Crippen molar-refractivity contribution in [2.45, 2.75) is 11.3 Å². The lowest BCUT2D eigenvalue weighted by atomic mass is 10.3. The van der Waals surface area contributed by atoms with Crippen molar-refractivity contribution in [1.82, 2.24) is 4.31 Å². The average Bonchev–Trinajstić information content (AvgIpc) is 2.39. The van der Waals surface area contributed by atoms with Crippen LogP contribution in [0.15, 0.2) is 39.7 Å². The molecule has 0 spiro atoms. The topological polar surface area (TPSA) is 46.6 Å². The number of hydrogen-bond acceptors (Lipinski definition) is 3. The van der Waals surface area contributed by atoms with E-state index in [1.165, 1.54) is 11.4 Å². The Morgan fingerprint density at radius 1 is 1.33 bits per heavy atom. The van der Waals surface area contributed by atoms with Gasteiger partial charge < -0.3 is 4.74 Å². The predicted molar refractivity (Wildman–Crippen MR) is 73.2 cm³/mol. The molecule has 0 fully saturated rings. The zero-order valence-corrected chi connectivity index (χ0v) is 12.4. The molecular weight excluding hydrogens is 318 g/mol. The van der Waals surface area contributed by atoms with Crippen LogP contribution >= 0.6 is 15.9 Å². The van der Waals surface area contributed by atoms with Crippen molar-refractivity contribution < 1.29 is 13.2 Å². The second kappa shape index (κ2) is 5.42. The maximum Gasteiger partial charge on any atom is 0.247 e. The smallest absolute Gasteiger partial charge is 0.247 e. The summed E-state index contributed by atoms with van der Waals surface area (Å²) < 4.78 is 32.3. The van der Waals surface area contributed by atoms with Gasteiger partial charge in [-0.15, -0.1) is 0 Å². The maximum atomic E-state index is 12.5. The Labute approximate surface area is 115 Å². The number of rotatable bonds is 3. The number of nitrogens with zero attached hydrogens (tertiary/aromatic N) is 1. The van der Waals surface area contributed by atoms with Crippen LogP contribution in [0.4, 0.5) is 0 Å². The standard InChI is InChI=1S/C12H14BrNO3S/c1-17-11-6-5-10(13)9-12(11)18(15,16)14-7-3-2-4-8-14/h2-3,5-6,9H,4,7-8H2,1H3. The summed E-state index contributed by atoms with van der Waals surface area (Å²) in [5, 5.41) is 0. The van der Waals surface area contributed by atoms with Crippen LogP contribution in [0, 0.1) is 0 Å². The normalized spacial score (nSPS) is 16.8. The number of benzene rings is 1. The SMILES string of the molecule is COc1ccc(Br)cc1S(=O)(=O)N1CC=CCC1. The number of hydrogen-bond donors (Lipinski definition) is 0. The minimum atomic E-state index is -3.50. The van der Waals surface area contributed by atoms with E-state index in [1.807, 2.05) is 12.2 Å². The van der Waals surface area contributed by atoms with Crippen LogP contribution in [0.5, 0.6) is 5.75 Å². The van der Waals surface area contributed by atoms with Gasteiger partial charge in [-0.25, -0.2) is 8.42 Å². The van der Waals surface area contributed by atoms with E-state index in [-0.39, 0.29) is 4.90 Å². The maximum absolute atomic E-state index is 12.5. The van der Waals surface area contributed by atoms with Crippen LogP contribution in [0.3, 0.4) is 0 Å². The Bertz CT molecular complexity index is 569. The van der Waals surface area contributed by atoms with Gasteiger partial charge in [0.25, 0.3) is 0 Å². The van der Waals surface area contributed by atoms with Crippen molar-refractivity contribution in [3.8, 4) is 5.75 Å². The molecule has 0 aliphatic carbocycles. The van der Waals surface area contributed by atoms with Crippen molar-refractivity contribution in [3.05, 3.63) is 34.8 Å². The van der Waals surface area contributed by atoms with E-state index in [0.717, 1.165) is 10.9 Å². The van der Waals surface area contributed by atoms with Crippen molar-refractivity contribution in [2.75, 3.05) is 20.2 Å². The molecule has 2 rings (SSSR count). The predicted octanol–water partition coefficient (Wildman–Crippen LogP) is 2.41. The number of halogens is 1.